The maximum absolute atomic E-state index is 12.5. The van der Waals surface area contributed by atoms with Crippen LogP contribution >= 0.6 is 0 Å². The van der Waals surface area contributed by atoms with E-state index in [0.717, 1.165) is 31.4 Å². The van der Waals surface area contributed by atoms with E-state index in [0.29, 0.717) is 24.4 Å². The number of hydrogen-bond acceptors (Lipinski definition) is 4. The highest BCUT2D eigenvalue weighted by Gasteiger charge is 2.18. The van der Waals surface area contributed by atoms with E-state index >= 15 is 0 Å². The highest BCUT2D eigenvalue weighted by Crippen LogP contribution is 2.24. The minimum absolute atomic E-state index is 0.00227. The number of nitrogens with one attached hydrogen (secondary N) is 2. The Hall–Kier alpha value is -2.08. The van der Waals surface area contributed by atoms with Gasteiger partial charge in [-0.05, 0) is 31.0 Å². The molecule has 1 atom stereocenters. The number of carbonyl (C=O) groups excluding carboxylic acids is 2. The van der Waals surface area contributed by atoms with E-state index < -0.39 is 0 Å². The molecule has 1 aromatic carbocycles. The average Bonchev–Trinajstić information content (AvgIpc) is 2.62. The summed E-state index contributed by atoms with van der Waals surface area (Å²) in [5.41, 5.74) is 1.98. The van der Waals surface area contributed by atoms with Gasteiger partial charge in [-0.3, -0.25) is 9.59 Å². The van der Waals surface area contributed by atoms with Crippen LogP contribution in [0.1, 0.15) is 49.9 Å². The molecule has 0 saturated heterocycles. The molecule has 0 spiro atoms. The van der Waals surface area contributed by atoms with E-state index in [-0.39, 0.29) is 17.7 Å². The first kappa shape index (κ1) is 22.0. The Morgan fingerprint density at radius 1 is 1.23 bits per heavy atom. The van der Waals surface area contributed by atoms with Crippen LogP contribution in [0, 0.1) is 5.92 Å². The Morgan fingerprint density at radius 3 is 2.54 bits per heavy atom. The molecule has 0 aliphatic carbocycles. The van der Waals surface area contributed by atoms with Crippen LogP contribution in [-0.4, -0.2) is 46.2 Å². The molecule has 6 nitrogen and oxygen atoms in total. The molecule has 0 heterocycles. The summed E-state index contributed by atoms with van der Waals surface area (Å²) in [4.78, 5) is 26.9. The molecule has 0 saturated carbocycles. The number of hydrogen-bond donors (Lipinski definition) is 2. The first-order valence-electron chi connectivity index (χ1n) is 9.33. The topological polar surface area (TPSA) is 70.7 Å². The average molecular weight is 364 g/mol. The Bertz CT molecular complexity index is 588. The molecule has 0 radical (unpaired) electrons. The fourth-order valence-corrected chi connectivity index (χ4v) is 2.76. The third-order valence-electron chi connectivity index (χ3n) is 4.35. The summed E-state index contributed by atoms with van der Waals surface area (Å²) in [6.45, 7) is 5.05. The van der Waals surface area contributed by atoms with Crippen LogP contribution in [0.2, 0.25) is 0 Å². The molecule has 1 aromatic rings. The predicted molar refractivity (Wildman–Crippen MR) is 107 cm³/mol. The van der Waals surface area contributed by atoms with Gasteiger partial charge in [-0.1, -0.05) is 26.7 Å². The molecule has 26 heavy (non-hydrogen) atoms. The van der Waals surface area contributed by atoms with Crippen molar-refractivity contribution >= 4 is 23.2 Å². The fourth-order valence-electron chi connectivity index (χ4n) is 2.76. The minimum atomic E-state index is -0.181. The molecule has 6 heteroatoms. The van der Waals surface area contributed by atoms with Crippen molar-refractivity contribution < 1.29 is 14.3 Å². The normalized spacial score (nSPS) is 11.7. The smallest absolute Gasteiger partial charge is 0.253 e. The SMILES string of the molecule is CCCCC(CC)C(=O)Nc1ccc(N(C)C)c(C(=O)NCCOC)c1. The van der Waals surface area contributed by atoms with Crippen molar-refractivity contribution in [2.24, 2.45) is 5.92 Å². The number of benzene rings is 1. The van der Waals surface area contributed by atoms with Crippen LogP contribution in [0.15, 0.2) is 18.2 Å². The van der Waals surface area contributed by atoms with Crippen LogP contribution < -0.4 is 15.5 Å². The van der Waals surface area contributed by atoms with E-state index in [2.05, 4.69) is 17.6 Å². The molecule has 0 aromatic heterocycles. The lowest BCUT2D eigenvalue weighted by molar-refractivity contribution is -0.120. The third kappa shape index (κ3) is 6.67. The van der Waals surface area contributed by atoms with Crippen molar-refractivity contribution in [1.82, 2.24) is 5.32 Å². The van der Waals surface area contributed by atoms with Gasteiger partial charge < -0.3 is 20.3 Å². The minimum Gasteiger partial charge on any atom is -0.383 e. The van der Waals surface area contributed by atoms with Gasteiger partial charge in [-0.25, -0.2) is 0 Å². The maximum Gasteiger partial charge on any atom is 0.253 e. The van der Waals surface area contributed by atoms with Gasteiger partial charge in [0.15, 0.2) is 0 Å². The third-order valence-corrected chi connectivity index (χ3v) is 4.35. The summed E-state index contributed by atoms with van der Waals surface area (Å²) in [7, 11) is 5.37. The van der Waals surface area contributed by atoms with Gasteiger partial charge in [-0.2, -0.15) is 0 Å². The van der Waals surface area contributed by atoms with Crippen molar-refractivity contribution in [2.75, 3.05) is 44.6 Å². The van der Waals surface area contributed by atoms with Crippen molar-refractivity contribution in [1.29, 1.82) is 0 Å². The second-order valence-electron chi connectivity index (χ2n) is 6.61. The number of amides is 2. The number of nitrogens with zero attached hydrogens (tertiary/aromatic N) is 1. The van der Waals surface area contributed by atoms with Crippen LogP contribution in [-0.2, 0) is 9.53 Å². The second kappa shape index (κ2) is 11.5. The van der Waals surface area contributed by atoms with Gasteiger partial charge in [-0.15, -0.1) is 0 Å². The van der Waals surface area contributed by atoms with Gasteiger partial charge in [0.1, 0.15) is 0 Å². The molecule has 0 bridgehead atoms. The lowest BCUT2D eigenvalue weighted by atomic mass is 9.98. The van der Waals surface area contributed by atoms with Crippen LogP contribution in [0.4, 0.5) is 11.4 Å². The van der Waals surface area contributed by atoms with Crippen LogP contribution in [0.3, 0.4) is 0 Å². The summed E-state index contributed by atoms with van der Waals surface area (Å²) < 4.78 is 4.97. The zero-order chi connectivity index (χ0) is 19.5. The number of methoxy groups -OCH3 is 1. The monoisotopic (exact) mass is 363 g/mol. The molecule has 0 aliphatic rings. The molecule has 0 aliphatic heterocycles. The zero-order valence-corrected chi connectivity index (χ0v) is 16.7. The highest BCUT2D eigenvalue weighted by atomic mass is 16.5. The maximum atomic E-state index is 12.5. The number of ether oxygens (including phenoxy) is 1. The van der Waals surface area contributed by atoms with E-state index in [4.69, 9.17) is 4.74 Å². The van der Waals surface area contributed by atoms with Gasteiger partial charge >= 0.3 is 0 Å². The molecule has 2 amide bonds. The Labute approximate surface area is 157 Å². The molecule has 2 N–H and O–H groups in total. The van der Waals surface area contributed by atoms with Crippen molar-refractivity contribution in [2.45, 2.75) is 39.5 Å². The zero-order valence-electron chi connectivity index (χ0n) is 16.7. The van der Waals surface area contributed by atoms with Crippen LogP contribution in [0.5, 0.6) is 0 Å². The molecule has 1 unspecified atom stereocenters. The molecule has 1 rings (SSSR count). The fraction of sp³-hybridized carbons (Fsp3) is 0.600. The largest absolute Gasteiger partial charge is 0.383 e. The molecule has 146 valence electrons. The van der Waals surface area contributed by atoms with Crippen molar-refractivity contribution in [3.05, 3.63) is 23.8 Å². The Balaban J connectivity index is 2.94. The van der Waals surface area contributed by atoms with Gasteiger partial charge in [0.2, 0.25) is 5.91 Å². The van der Waals surface area contributed by atoms with Gasteiger partial charge in [0, 0.05) is 45.0 Å². The van der Waals surface area contributed by atoms with Crippen molar-refractivity contribution in [3.8, 4) is 0 Å². The van der Waals surface area contributed by atoms with E-state index in [1.165, 1.54) is 0 Å². The lowest BCUT2D eigenvalue weighted by Gasteiger charge is -2.19. The number of anilines is 2. The summed E-state index contributed by atoms with van der Waals surface area (Å²) in [5.74, 6) is -0.161. The quantitative estimate of drug-likeness (QED) is 0.592. The molecular formula is C20H33N3O3. The first-order valence-corrected chi connectivity index (χ1v) is 9.33. The summed E-state index contributed by atoms with van der Waals surface area (Å²) in [6, 6.07) is 5.43. The van der Waals surface area contributed by atoms with Gasteiger partial charge in [0.25, 0.3) is 5.91 Å². The second-order valence-corrected chi connectivity index (χ2v) is 6.61. The van der Waals surface area contributed by atoms with Crippen molar-refractivity contribution in [3.63, 3.8) is 0 Å². The van der Waals surface area contributed by atoms with E-state index in [1.807, 2.05) is 38.1 Å². The Kier molecular flexibility index (Phi) is 9.73. The lowest BCUT2D eigenvalue weighted by Crippen LogP contribution is -2.29. The molecular weight excluding hydrogens is 330 g/mol. The van der Waals surface area contributed by atoms with E-state index in [9.17, 15) is 9.59 Å². The predicted octanol–water partition coefficient (Wildman–Crippen LogP) is 3.28. The number of carbonyl (C=O) groups is 2. The first-order chi connectivity index (χ1) is 12.4. The Morgan fingerprint density at radius 2 is 1.96 bits per heavy atom. The summed E-state index contributed by atoms with van der Waals surface area (Å²) in [5, 5.41) is 5.80. The highest BCUT2D eigenvalue weighted by molar-refractivity contribution is 6.02. The number of rotatable bonds is 11. The van der Waals surface area contributed by atoms with Crippen LogP contribution in [0.25, 0.3) is 0 Å². The molecule has 0 fully saturated rings. The van der Waals surface area contributed by atoms with Gasteiger partial charge in [0.05, 0.1) is 12.2 Å². The number of unbranched alkanes of at least 4 members (excludes halogenated alkanes) is 1. The summed E-state index contributed by atoms with van der Waals surface area (Å²) in [6.07, 6.45) is 3.82. The standard InChI is InChI=1S/C20H33N3O3/c1-6-8-9-15(7-2)19(24)22-16-10-11-18(23(3)4)17(14-16)20(25)21-12-13-26-5/h10-11,14-15H,6-9,12-13H2,1-5H3,(H,21,25)(H,22,24). The van der Waals surface area contributed by atoms with E-state index in [1.54, 1.807) is 13.2 Å². The summed E-state index contributed by atoms with van der Waals surface area (Å²) >= 11 is 0.